The molecule has 3 nitrogen and oxygen atoms in total. The van der Waals surface area contributed by atoms with Crippen molar-refractivity contribution in [3.05, 3.63) is 23.2 Å². The van der Waals surface area contributed by atoms with E-state index in [4.69, 9.17) is 21.1 Å². The summed E-state index contributed by atoms with van der Waals surface area (Å²) < 4.78 is 11.2. The summed E-state index contributed by atoms with van der Waals surface area (Å²) in [6.45, 7) is 5.63. The number of rotatable bonds is 6. The van der Waals surface area contributed by atoms with Gasteiger partial charge in [-0.3, -0.25) is 0 Å². The Morgan fingerprint density at radius 3 is 2.95 bits per heavy atom. The van der Waals surface area contributed by atoms with E-state index in [0.717, 1.165) is 37.3 Å². The van der Waals surface area contributed by atoms with Crippen LogP contribution in [0, 0.1) is 0 Å². The van der Waals surface area contributed by atoms with Crippen molar-refractivity contribution < 1.29 is 9.47 Å². The van der Waals surface area contributed by atoms with E-state index < -0.39 is 0 Å². The van der Waals surface area contributed by atoms with Crippen molar-refractivity contribution in [2.24, 2.45) is 0 Å². The van der Waals surface area contributed by atoms with Crippen LogP contribution in [0.4, 0.5) is 5.69 Å². The van der Waals surface area contributed by atoms with Gasteiger partial charge in [-0.05, 0) is 44.4 Å². The van der Waals surface area contributed by atoms with E-state index in [1.807, 2.05) is 25.1 Å². The lowest BCUT2D eigenvalue weighted by Gasteiger charge is -2.30. The molecule has 0 aliphatic carbocycles. The smallest absolute Gasteiger partial charge is 0.138 e. The summed E-state index contributed by atoms with van der Waals surface area (Å²) in [6.07, 6.45) is 4.82. The largest absolute Gasteiger partial charge is 0.492 e. The Hall–Kier alpha value is -0.930. The van der Waals surface area contributed by atoms with Gasteiger partial charge in [0.05, 0.1) is 17.7 Å². The van der Waals surface area contributed by atoms with E-state index in [0.29, 0.717) is 23.8 Å². The fourth-order valence-corrected chi connectivity index (χ4v) is 2.87. The zero-order valence-electron chi connectivity index (χ0n) is 12.3. The second kappa shape index (κ2) is 7.75. The Kier molecular flexibility index (Phi) is 5.99. The Bertz CT molecular complexity index is 423. The molecular weight excluding hydrogens is 274 g/mol. The van der Waals surface area contributed by atoms with Crippen LogP contribution >= 0.6 is 11.6 Å². The van der Waals surface area contributed by atoms with Crippen LogP contribution in [0.15, 0.2) is 18.2 Å². The lowest BCUT2D eigenvalue weighted by molar-refractivity contribution is 0.00598. The van der Waals surface area contributed by atoms with Crippen molar-refractivity contribution in [1.29, 1.82) is 0 Å². The molecule has 1 aromatic carbocycles. The van der Waals surface area contributed by atoms with E-state index in [1.165, 1.54) is 6.42 Å². The second-order valence-electron chi connectivity index (χ2n) is 5.23. The minimum Gasteiger partial charge on any atom is -0.492 e. The third-order valence-electron chi connectivity index (χ3n) is 3.58. The lowest BCUT2D eigenvalue weighted by Crippen LogP contribution is -2.33. The van der Waals surface area contributed by atoms with Crippen LogP contribution in [-0.4, -0.2) is 25.4 Å². The first-order valence-electron chi connectivity index (χ1n) is 7.53. The van der Waals surface area contributed by atoms with Crippen LogP contribution in [0.25, 0.3) is 0 Å². The first-order valence-corrected chi connectivity index (χ1v) is 7.91. The zero-order chi connectivity index (χ0) is 14.4. The summed E-state index contributed by atoms with van der Waals surface area (Å²) in [4.78, 5) is 0. The first-order chi connectivity index (χ1) is 9.72. The molecule has 0 radical (unpaired) electrons. The summed E-state index contributed by atoms with van der Waals surface area (Å²) in [6, 6.07) is 6.36. The van der Waals surface area contributed by atoms with Gasteiger partial charge in [-0.25, -0.2) is 0 Å². The SMILES string of the molecule is CCCC1CC(Nc2ccc(OCC)c(Cl)c2)CCO1. The second-order valence-corrected chi connectivity index (χ2v) is 5.63. The monoisotopic (exact) mass is 297 g/mol. The molecule has 1 heterocycles. The van der Waals surface area contributed by atoms with E-state index >= 15 is 0 Å². The molecule has 0 amide bonds. The van der Waals surface area contributed by atoms with Gasteiger partial charge in [0.2, 0.25) is 0 Å². The summed E-state index contributed by atoms with van der Waals surface area (Å²) in [5.41, 5.74) is 1.06. The van der Waals surface area contributed by atoms with Crippen LogP contribution in [0.5, 0.6) is 5.75 Å². The Morgan fingerprint density at radius 2 is 2.25 bits per heavy atom. The Balaban J connectivity index is 1.94. The molecule has 1 fully saturated rings. The summed E-state index contributed by atoms with van der Waals surface area (Å²) >= 11 is 6.21. The average molecular weight is 298 g/mol. The number of ether oxygens (including phenoxy) is 2. The van der Waals surface area contributed by atoms with Gasteiger partial charge in [-0.15, -0.1) is 0 Å². The molecule has 0 bridgehead atoms. The fourth-order valence-electron chi connectivity index (χ4n) is 2.63. The molecule has 112 valence electrons. The average Bonchev–Trinajstić information content (AvgIpc) is 2.43. The number of halogens is 1. The molecule has 2 unspecified atom stereocenters. The van der Waals surface area contributed by atoms with Crippen LogP contribution in [0.3, 0.4) is 0 Å². The lowest BCUT2D eigenvalue weighted by atomic mass is 10.00. The molecule has 0 saturated carbocycles. The van der Waals surface area contributed by atoms with Gasteiger partial charge < -0.3 is 14.8 Å². The molecule has 1 aliphatic rings. The highest BCUT2D eigenvalue weighted by Gasteiger charge is 2.21. The van der Waals surface area contributed by atoms with Crippen molar-refractivity contribution in [2.45, 2.75) is 51.7 Å². The fraction of sp³-hybridized carbons (Fsp3) is 0.625. The van der Waals surface area contributed by atoms with Crippen molar-refractivity contribution in [1.82, 2.24) is 0 Å². The summed E-state index contributed by atoms with van der Waals surface area (Å²) in [5, 5.41) is 4.22. The van der Waals surface area contributed by atoms with Crippen LogP contribution in [0.2, 0.25) is 5.02 Å². The highest BCUT2D eigenvalue weighted by atomic mass is 35.5. The zero-order valence-corrected chi connectivity index (χ0v) is 13.1. The molecule has 2 atom stereocenters. The minimum absolute atomic E-state index is 0.393. The van der Waals surface area contributed by atoms with Crippen molar-refractivity contribution >= 4 is 17.3 Å². The third-order valence-corrected chi connectivity index (χ3v) is 3.88. The maximum atomic E-state index is 6.21. The van der Waals surface area contributed by atoms with E-state index in [2.05, 4.69) is 12.2 Å². The topological polar surface area (TPSA) is 30.5 Å². The van der Waals surface area contributed by atoms with Gasteiger partial charge in [0, 0.05) is 18.3 Å². The number of anilines is 1. The van der Waals surface area contributed by atoms with Crippen LogP contribution in [-0.2, 0) is 4.74 Å². The maximum absolute atomic E-state index is 6.21. The Labute approximate surface area is 126 Å². The number of benzene rings is 1. The minimum atomic E-state index is 0.393. The number of hydrogen-bond acceptors (Lipinski definition) is 3. The van der Waals surface area contributed by atoms with Gasteiger partial charge in [0.25, 0.3) is 0 Å². The molecule has 4 heteroatoms. The summed E-state index contributed by atoms with van der Waals surface area (Å²) in [5.74, 6) is 0.746. The molecule has 0 spiro atoms. The molecule has 1 N–H and O–H groups in total. The highest BCUT2D eigenvalue weighted by molar-refractivity contribution is 6.32. The van der Waals surface area contributed by atoms with E-state index in [-0.39, 0.29) is 0 Å². The van der Waals surface area contributed by atoms with Crippen LogP contribution < -0.4 is 10.1 Å². The molecule has 0 aromatic heterocycles. The number of hydrogen-bond donors (Lipinski definition) is 1. The Morgan fingerprint density at radius 1 is 1.40 bits per heavy atom. The predicted octanol–water partition coefficient (Wildman–Crippen LogP) is 4.50. The maximum Gasteiger partial charge on any atom is 0.138 e. The van der Waals surface area contributed by atoms with Gasteiger partial charge in [-0.2, -0.15) is 0 Å². The predicted molar refractivity (Wildman–Crippen MR) is 83.9 cm³/mol. The first kappa shape index (κ1) is 15.5. The molecule has 2 rings (SSSR count). The van der Waals surface area contributed by atoms with E-state index in [9.17, 15) is 0 Å². The summed E-state index contributed by atoms with van der Waals surface area (Å²) in [7, 11) is 0. The van der Waals surface area contributed by atoms with Crippen LogP contribution in [0.1, 0.15) is 39.5 Å². The number of nitrogens with one attached hydrogen (secondary N) is 1. The highest BCUT2D eigenvalue weighted by Crippen LogP contribution is 2.29. The third kappa shape index (κ3) is 4.29. The molecule has 1 aliphatic heterocycles. The quantitative estimate of drug-likeness (QED) is 0.838. The van der Waals surface area contributed by atoms with Gasteiger partial charge >= 0.3 is 0 Å². The van der Waals surface area contributed by atoms with Crippen molar-refractivity contribution in [3.8, 4) is 5.75 Å². The van der Waals surface area contributed by atoms with Gasteiger partial charge in [0.1, 0.15) is 5.75 Å². The standard InChI is InChI=1S/C16H24ClNO2/c1-3-5-14-10-13(8-9-20-14)18-12-6-7-16(19-4-2)15(17)11-12/h6-7,11,13-14,18H,3-5,8-10H2,1-2H3. The normalized spacial score (nSPS) is 22.6. The molecule has 1 aromatic rings. The molecule has 1 saturated heterocycles. The van der Waals surface area contributed by atoms with Crippen molar-refractivity contribution in [3.63, 3.8) is 0 Å². The molecular formula is C16H24ClNO2. The molecule has 20 heavy (non-hydrogen) atoms. The van der Waals surface area contributed by atoms with E-state index in [1.54, 1.807) is 0 Å². The van der Waals surface area contributed by atoms with Gasteiger partial charge in [-0.1, -0.05) is 24.9 Å². The van der Waals surface area contributed by atoms with Crippen molar-refractivity contribution in [2.75, 3.05) is 18.5 Å². The van der Waals surface area contributed by atoms with Gasteiger partial charge in [0.15, 0.2) is 0 Å².